The quantitative estimate of drug-likeness (QED) is 0.508. The summed E-state index contributed by atoms with van der Waals surface area (Å²) in [6.45, 7) is 6.76. The normalized spacial score (nSPS) is 21.9. The number of benzene rings is 1. The molecule has 1 aliphatic heterocycles. The van der Waals surface area contributed by atoms with E-state index in [1.54, 1.807) is 0 Å². The Kier molecular flexibility index (Phi) is 4.65. The molecule has 1 aromatic carbocycles. The van der Waals surface area contributed by atoms with Crippen LogP contribution < -0.4 is 4.74 Å². The molecule has 0 amide bonds. The Bertz CT molecular complexity index is 465. The van der Waals surface area contributed by atoms with E-state index in [1.807, 2.05) is 31.2 Å². The molecule has 4 nitrogen and oxygen atoms in total. The van der Waals surface area contributed by atoms with Crippen LogP contribution in [0.5, 0.6) is 5.75 Å². The number of hydrogen-bond acceptors (Lipinski definition) is 4. The summed E-state index contributed by atoms with van der Waals surface area (Å²) in [5.41, 5.74) is 1.57. The molecule has 2 rings (SSSR count). The second kappa shape index (κ2) is 6.27. The minimum atomic E-state index is -0.0223. The third-order valence-corrected chi connectivity index (χ3v) is 3.63. The first-order valence-corrected chi connectivity index (χ1v) is 7.16. The predicted octanol–water partition coefficient (Wildman–Crippen LogP) is 3.61. The van der Waals surface area contributed by atoms with Gasteiger partial charge in [-0.15, -0.1) is 0 Å². The zero-order valence-electron chi connectivity index (χ0n) is 12.4. The monoisotopic (exact) mass is 277 g/mol. The van der Waals surface area contributed by atoms with Crippen molar-refractivity contribution in [3.63, 3.8) is 0 Å². The fraction of sp³-hybridized carbons (Fsp3) is 0.562. The van der Waals surface area contributed by atoms with Gasteiger partial charge in [0.1, 0.15) is 12.4 Å². The van der Waals surface area contributed by atoms with E-state index in [4.69, 9.17) is 14.7 Å². The number of nitrogens with zero attached hydrogens (tertiary/aromatic N) is 1. The fourth-order valence-corrected chi connectivity index (χ4v) is 2.46. The highest BCUT2D eigenvalue weighted by Gasteiger charge is 2.31. The minimum absolute atomic E-state index is 0.0223. The van der Waals surface area contributed by atoms with Crippen molar-refractivity contribution >= 4 is 5.71 Å². The molecule has 1 aromatic rings. The van der Waals surface area contributed by atoms with Gasteiger partial charge in [-0.3, -0.25) is 0 Å². The molecule has 0 aliphatic carbocycles. The Balaban J connectivity index is 1.88. The Labute approximate surface area is 120 Å². The molecule has 0 saturated carbocycles. The summed E-state index contributed by atoms with van der Waals surface area (Å²) in [6.07, 6.45) is 2.99. The standard InChI is InChI=1S/C16H23NO3/c1-4-15(17-18)12-5-7-13(8-6-12)19-11-14-9-10-16(2,3)20-14/h5-8,14,18H,4,9-11H2,1-3H3/b17-15-. The summed E-state index contributed by atoms with van der Waals surface area (Å²) < 4.78 is 11.6. The number of oxime groups is 1. The topological polar surface area (TPSA) is 51.1 Å². The van der Waals surface area contributed by atoms with Gasteiger partial charge in [-0.25, -0.2) is 0 Å². The highest BCUT2D eigenvalue weighted by Crippen LogP contribution is 2.29. The van der Waals surface area contributed by atoms with Crippen LogP contribution in [0.1, 0.15) is 45.6 Å². The van der Waals surface area contributed by atoms with Crippen molar-refractivity contribution in [1.82, 2.24) is 0 Å². The largest absolute Gasteiger partial charge is 0.491 e. The van der Waals surface area contributed by atoms with Crippen LogP contribution in [0, 0.1) is 0 Å². The Morgan fingerprint density at radius 2 is 2.10 bits per heavy atom. The lowest BCUT2D eigenvalue weighted by Crippen LogP contribution is -2.23. The van der Waals surface area contributed by atoms with Crippen molar-refractivity contribution in [3.05, 3.63) is 29.8 Å². The summed E-state index contributed by atoms with van der Waals surface area (Å²) in [7, 11) is 0. The first-order valence-electron chi connectivity index (χ1n) is 7.16. The molecule has 0 bridgehead atoms. The summed E-state index contributed by atoms with van der Waals surface area (Å²) in [5, 5.41) is 12.2. The Morgan fingerprint density at radius 3 is 2.60 bits per heavy atom. The van der Waals surface area contributed by atoms with Gasteiger partial charge in [-0.2, -0.15) is 0 Å². The first kappa shape index (κ1) is 14.9. The Morgan fingerprint density at radius 1 is 1.40 bits per heavy atom. The Hall–Kier alpha value is -1.55. The second-order valence-electron chi connectivity index (χ2n) is 5.77. The van der Waals surface area contributed by atoms with Crippen LogP contribution >= 0.6 is 0 Å². The fourth-order valence-electron chi connectivity index (χ4n) is 2.46. The minimum Gasteiger partial charge on any atom is -0.491 e. The van der Waals surface area contributed by atoms with Crippen molar-refractivity contribution in [2.75, 3.05) is 6.61 Å². The van der Waals surface area contributed by atoms with Crippen molar-refractivity contribution < 1.29 is 14.7 Å². The van der Waals surface area contributed by atoms with E-state index in [1.165, 1.54) is 0 Å². The molecule has 1 saturated heterocycles. The van der Waals surface area contributed by atoms with Crippen molar-refractivity contribution in [1.29, 1.82) is 0 Å². The molecular formula is C16H23NO3. The van der Waals surface area contributed by atoms with Crippen LogP contribution in [-0.4, -0.2) is 29.2 Å². The third-order valence-electron chi connectivity index (χ3n) is 3.63. The van der Waals surface area contributed by atoms with Crippen LogP contribution in [0.2, 0.25) is 0 Å². The zero-order valence-corrected chi connectivity index (χ0v) is 12.4. The number of ether oxygens (including phenoxy) is 2. The molecule has 20 heavy (non-hydrogen) atoms. The summed E-state index contributed by atoms with van der Waals surface area (Å²) in [5.74, 6) is 0.815. The molecule has 110 valence electrons. The molecule has 1 atom stereocenters. The average molecular weight is 277 g/mol. The van der Waals surface area contributed by atoms with E-state index < -0.39 is 0 Å². The molecule has 1 aliphatic rings. The maximum atomic E-state index is 8.88. The lowest BCUT2D eigenvalue weighted by Gasteiger charge is -2.19. The maximum absolute atomic E-state index is 8.88. The van der Waals surface area contributed by atoms with Crippen LogP contribution in [0.25, 0.3) is 0 Å². The molecule has 1 fully saturated rings. The van der Waals surface area contributed by atoms with E-state index in [0.717, 1.165) is 24.2 Å². The van der Waals surface area contributed by atoms with Crippen LogP contribution in [0.4, 0.5) is 0 Å². The second-order valence-corrected chi connectivity index (χ2v) is 5.77. The van der Waals surface area contributed by atoms with Crippen molar-refractivity contribution in [2.24, 2.45) is 5.16 Å². The van der Waals surface area contributed by atoms with Gasteiger partial charge in [-0.05, 0) is 62.9 Å². The van der Waals surface area contributed by atoms with Gasteiger partial charge >= 0.3 is 0 Å². The van der Waals surface area contributed by atoms with Crippen LogP contribution in [0.3, 0.4) is 0 Å². The molecule has 1 heterocycles. The van der Waals surface area contributed by atoms with Crippen molar-refractivity contribution in [3.8, 4) is 5.75 Å². The molecule has 4 heteroatoms. The number of hydrogen-bond donors (Lipinski definition) is 1. The van der Waals surface area contributed by atoms with E-state index in [2.05, 4.69) is 19.0 Å². The van der Waals surface area contributed by atoms with Gasteiger partial charge in [0.2, 0.25) is 0 Å². The van der Waals surface area contributed by atoms with Gasteiger partial charge < -0.3 is 14.7 Å². The zero-order chi connectivity index (χ0) is 14.6. The molecule has 1 N–H and O–H groups in total. The van der Waals surface area contributed by atoms with Gasteiger partial charge in [0.25, 0.3) is 0 Å². The van der Waals surface area contributed by atoms with E-state index in [9.17, 15) is 0 Å². The van der Waals surface area contributed by atoms with Gasteiger partial charge in [0.15, 0.2) is 0 Å². The molecular weight excluding hydrogens is 254 g/mol. The maximum Gasteiger partial charge on any atom is 0.119 e. The van der Waals surface area contributed by atoms with E-state index >= 15 is 0 Å². The van der Waals surface area contributed by atoms with E-state index in [0.29, 0.717) is 18.7 Å². The predicted molar refractivity (Wildman–Crippen MR) is 78.7 cm³/mol. The number of rotatable bonds is 5. The molecule has 0 aromatic heterocycles. The summed E-state index contributed by atoms with van der Waals surface area (Å²) in [6, 6.07) is 7.62. The van der Waals surface area contributed by atoms with Crippen molar-refractivity contribution in [2.45, 2.75) is 51.7 Å². The van der Waals surface area contributed by atoms with Crippen LogP contribution in [-0.2, 0) is 4.74 Å². The van der Waals surface area contributed by atoms with Gasteiger partial charge in [-0.1, -0.05) is 12.1 Å². The van der Waals surface area contributed by atoms with Gasteiger partial charge in [0.05, 0.1) is 17.4 Å². The molecule has 1 unspecified atom stereocenters. The lowest BCUT2D eigenvalue weighted by molar-refractivity contribution is -0.0326. The van der Waals surface area contributed by atoms with Crippen LogP contribution in [0.15, 0.2) is 29.4 Å². The first-order chi connectivity index (χ1) is 9.54. The molecule has 0 spiro atoms. The van der Waals surface area contributed by atoms with E-state index in [-0.39, 0.29) is 11.7 Å². The highest BCUT2D eigenvalue weighted by atomic mass is 16.6. The summed E-state index contributed by atoms with van der Waals surface area (Å²) >= 11 is 0. The van der Waals surface area contributed by atoms with Gasteiger partial charge in [0, 0.05) is 0 Å². The smallest absolute Gasteiger partial charge is 0.119 e. The SMILES string of the molecule is CC/C(=N/O)c1ccc(OCC2CCC(C)(C)O2)cc1. The third kappa shape index (κ3) is 3.73. The average Bonchev–Trinajstić information content (AvgIpc) is 2.79. The molecule has 0 radical (unpaired) electrons. The summed E-state index contributed by atoms with van der Waals surface area (Å²) in [4.78, 5) is 0. The lowest BCUT2D eigenvalue weighted by atomic mass is 10.1. The highest BCUT2D eigenvalue weighted by molar-refractivity contribution is 6.00.